The summed E-state index contributed by atoms with van der Waals surface area (Å²) in [5, 5.41) is 0.534. The number of alkyl halides is 3. The molecule has 1 aliphatic carbocycles. The number of hydrogen-bond acceptors (Lipinski definition) is 5. The van der Waals surface area contributed by atoms with Gasteiger partial charge in [0.05, 0.1) is 16.2 Å². The molecular formula is C27H32F3NO3S. The Morgan fingerprint density at radius 2 is 1.80 bits per heavy atom. The van der Waals surface area contributed by atoms with Crippen LogP contribution in [0, 0.1) is 12.8 Å². The predicted octanol–water partition coefficient (Wildman–Crippen LogP) is 7.03. The first-order chi connectivity index (χ1) is 16.7. The molecule has 0 aliphatic heterocycles. The van der Waals surface area contributed by atoms with Gasteiger partial charge in [-0.05, 0) is 66.7 Å². The number of pyridine rings is 1. The van der Waals surface area contributed by atoms with Crippen LogP contribution in [0.4, 0.5) is 13.2 Å². The van der Waals surface area contributed by atoms with Crippen molar-refractivity contribution in [3.8, 4) is 0 Å². The molecule has 0 saturated heterocycles. The number of carbonyl (C=O) groups excluding carboxylic acids is 1. The Bertz CT molecular complexity index is 1040. The quantitative estimate of drug-likeness (QED) is 0.255. The first-order valence-electron chi connectivity index (χ1n) is 11.8. The van der Waals surface area contributed by atoms with Gasteiger partial charge in [-0.1, -0.05) is 31.5 Å². The van der Waals surface area contributed by atoms with Crippen LogP contribution < -0.4 is 0 Å². The summed E-state index contributed by atoms with van der Waals surface area (Å²) in [6.07, 6.45) is -0.148. The van der Waals surface area contributed by atoms with Crippen molar-refractivity contribution in [3.05, 3.63) is 64.0 Å². The van der Waals surface area contributed by atoms with Gasteiger partial charge in [0, 0.05) is 26.1 Å². The Morgan fingerprint density at radius 3 is 2.34 bits per heavy atom. The molecule has 1 aliphatic rings. The number of allylic oxidation sites excluding steroid dienone is 2. The molecule has 0 saturated carbocycles. The number of Topliss-reactive ketones (excluding diaryl/α,β-unsaturated/α-hetero) is 1. The average Bonchev–Trinajstić information content (AvgIpc) is 2.82. The zero-order valence-electron chi connectivity index (χ0n) is 20.6. The van der Waals surface area contributed by atoms with Crippen LogP contribution in [0.3, 0.4) is 0 Å². The van der Waals surface area contributed by atoms with Gasteiger partial charge in [-0.25, -0.2) is 4.98 Å². The van der Waals surface area contributed by atoms with Crippen LogP contribution in [0.1, 0.15) is 60.9 Å². The van der Waals surface area contributed by atoms with Crippen molar-refractivity contribution in [1.82, 2.24) is 4.98 Å². The van der Waals surface area contributed by atoms with Crippen LogP contribution >= 0.6 is 11.8 Å². The zero-order chi connectivity index (χ0) is 25.6. The maximum atomic E-state index is 13.5. The SMILES string of the molecule is CCc1cc(C)cc(CC)c1C1=C(OCOC)CC(CCSc2ccc(C(F)(F)F)cn2)CC1=O. The fraction of sp³-hybridized carbons (Fsp3) is 0.481. The van der Waals surface area contributed by atoms with Crippen LogP contribution in [-0.2, 0) is 33.3 Å². The van der Waals surface area contributed by atoms with Crippen LogP contribution in [0.5, 0.6) is 0 Å². The standard InChI is InChI=1S/C27H32F3NO3S/c1-5-19-11-17(3)12-20(6-2)25(19)26-22(32)13-18(14-23(26)34-16-33-4)9-10-35-24-8-7-21(15-31-24)27(28,29)30/h7-8,11-12,15,18H,5-6,9-10,13-14,16H2,1-4H3. The zero-order valence-corrected chi connectivity index (χ0v) is 21.4. The van der Waals surface area contributed by atoms with Crippen LogP contribution in [0.2, 0.25) is 0 Å². The van der Waals surface area contributed by atoms with Crippen molar-refractivity contribution in [2.24, 2.45) is 5.92 Å². The third-order valence-electron chi connectivity index (χ3n) is 6.15. The van der Waals surface area contributed by atoms with Gasteiger partial charge in [-0.3, -0.25) is 4.79 Å². The lowest BCUT2D eigenvalue weighted by Crippen LogP contribution is -2.22. The maximum Gasteiger partial charge on any atom is 0.417 e. The highest BCUT2D eigenvalue weighted by molar-refractivity contribution is 7.99. The van der Waals surface area contributed by atoms with E-state index in [4.69, 9.17) is 9.47 Å². The maximum absolute atomic E-state index is 13.5. The second-order valence-corrected chi connectivity index (χ2v) is 9.85. The normalized spacial score (nSPS) is 16.7. The summed E-state index contributed by atoms with van der Waals surface area (Å²) in [6.45, 7) is 6.33. The first kappa shape index (κ1) is 27.3. The summed E-state index contributed by atoms with van der Waals surface area (Å²) in [7, 11) is 1.55. The number of methoxy groups -OCH3 is 1. The Labute approximate surface area is 209 Å². The van der Waals surface area contributed by atoms with E-state index in [1.54, 1.807) is 7.11 Å². The lowest BCUT2D eigenvalue weighted by Gasteiger charge is -2.28. The Hall–Kier alpha value is -2.32. The van der Waals surface area contributed by atoms with Gasteiger partial charge >= 0.3 is 6.18 Å². The highest BCUT2D eigenvalue weighted by atomic mass is 32.2. The first-order valence-corrected chi connectivity index (χ1v) is 12.8. The van der Waals surface area contributed by atoms with E-state index in [0.29, 0.717) is 35.0 Å². The summed E-state index contributed by atoms with van der Waals surface area (Å²) in [5.41, 5.74) is 4.38. The fourth-order valence-corrected chi connectivity index (χ4v) is 5.44. The van der Waals surface area contributed by atoms with E-state index in [1.807, 2.05) is 0 Å². The second kappa shape index (κ2) is 12.1. The summed E-state index contributed by atoms with van der Waals surface area (Å²) in [4.78, 5) is 17.4. The van der Waals surface area contributed by atoms with Crippen LogP contribution in [0.15, 0.2) is 41.2 Å². The number of thioether (sulfide) groups is 1. The van der Waals surface area contributed by atoms with Gasteiger partial charge in [0.25, 0.3) is 0 Å². The lowest BCUT2D eigenvalue weighted by molar-refractivity contribution is -0.137. The van der Waals surface area contributed by atoms with E-state index in [9.17, 15) is 18.0 Å². The lowest BCUT2D eigenvalue weighted by atomic mass is 9.79. The van der Waals surface area contributed by atoms with E-state index in [-0.39, 0.29) is 18.5 Å². The Kier molecular flexibility index (Phi) is 9.41. The average molecular weight is 508 g/mol. The number of aryl methyl sites for hydroxylation is 3. The topological polar surface area (TPSA) is 48.4 Å². The third kappa shape index (κ3) is 6.88. The largest absolute Gasteiger partial charge is 0.471 e. The Balaban J connectivity index is 1.78. The number of rotatable bonds is 10. The molecule has 0 amide bonds. The molecular weight excluding hydrogens is 475 g/mol. The second-order valence-electron chi connectivity index (χ2n) is 8.73. The minimum atomic E-state index is -4.39. The van der Waals surface area contributed by atoms with Crippen LogP contribution in [-0.4, -0.2) is 30.4 Å². The molecule has 35 heavy (non-hydrogen) atoms. The molecule has 0 fully saturated rings. The molecule has 1 heterocycles. The molecule has 190 valence electrons. The van der Waals surface area contributed by atoms with Gasteiger partial charge in [-0.2, -0.15) is 13.2 Å². The Morgan fingerprint density at radius 1 is 1.11 bits per heavy atom. The van der Waals surface area contributed by atoms with E-state index in [1.165, 1.54) is 23.4 Å². The van der Waals surface area contributed by atoms with Gasteiger partial charge in [-0.15, -0.1) is 11.8 Å². The van der Waals surface area contributed by atoms with Crippen molar-refractivity contribution >= 4 is 23.1 Å². The molecule has 4 nitrogen and oxygen atoms in total. The summed E-state index contributed by atoms with van der Waals surface area (Å²) < 4.78 is 49.3. The number of carbonyl (C=O) groups is 1. The summed E-state index contributed by atoms with van der Waals surface area (Å²) in [5.74, 6) is 1.46. The predicted molar refractivity (Wildman–Crippen MR) is 132 cm³/mol. The third-order valence-corrected chi connectivity index (χ3v) is 7.13. The van der Waals surface area contributed by atoms with Crippen molar-refractivity contribution in [1.29, 1.82) is 0 Å². The fourth-order valence-electron chi connectivity index (χ4n) is 4.48. The van der Waals surface area contributed by atoms with E-state index < -0.39 is 11.7 Å². The van der Waals surface area contributed by atoms with Gasteiger partial charge in [0.1, 0.15) is 5.76 Å². The number of ketones is 1. The van der Waals surface area contributed by atoms with Crippen molar-refractivity contribution in [3.63, 3.8) is 0 Å². The monoisotopic (exact) mass is 507 g/mol. The molecule has 1 atom stereocenters. The van der Waals surface area contributed by atoms with Crippen LogP contribution in [0.25, 0.3) is 5.57 Å². The molecule has 2 aromatic rings. The summed E-state index contributed by atoms with van der Waals surface area (Å²) >= 11 is 1.39. The van der Waals surface area contributed by atoms with Gasteiger partial charge in [0.2, 0.25) is 0 Å². The minimum absolute atomic E-state index is 0.0673. The molecule has 8 heteroatoms. The molecule has 1 aromatic carbocycles. The number of halogens is 3. The molecule has 0 N–H and O–H groups in total. The number of ether oxygens (including phenoxy) is 2. The molecule has 0 radical (unpaired) electrons. The smallest absolute Gasteiger partial charge is 0.417 e. The van der Waals surface area contributed by atoms with Crippen molar-refractivity contribution < 1.29 is 27.4 Å². The number of nitrogens with zero attached hydrogens (tertiary/aromatic N) is 1. The highest BCUT2D eigenvalue weighted by Crippen LogP contribution is 2.39. The highest BCUT2D eigenvalue weighted by Gasteiger charge is 2.32. The van der Waals surface area contributed by atoms with E-state index in [2.05, 4.69) is 37.9 Å². The minimum Gasteiger partial charge on any atom is -0.471 e. The number of benzene rings is 1. The van der Waals surface area contributed by atoms with Gasteiger partial charge < -0.3 is 9.47 Å². The van der Waals surface area contributed by atoms with Crippen molar-refractivity contribution in [2.75, 3.05) is 19.7 Å². The molecule has 0 spiro atoms. The molecule has 3 rings (SSSR count). The number of hydrogen-bond donors (Lipinski definition) is 0. The summed E-state index contributed by atoms with van der Waals surface area (Å²) in [6, 6.07) is 6.72. The molecule has 1 unspecified atom stereocenters. The number of aromatic nitrogens is 1. The van der Waals surface area contributed by atoms with E-state index >= 15 is 0 Å². The van der Waals surface area contributed by atoms with Gasteiger partial charge in [0.15, 0.2) is 12.6 Å². The van der Waals surface area contributed by atoms with E-state index in [0.717, 1.165) is 48.2 Å². The van der Waals surface area contributed by atoms with Crippen molar-refractivity contribution in [2.45, 2.75) is 64.1 Å². The molecule has 0 bridgehead atoms. The molecule has 1 aromatic heterocycles.